The maximum atomic E-state index is 6.31. The van der Waals surface area contributed by atoms with Gasteiger partial charge in [0.1, 0.15) is 22.5 Å². The topological polar surface area (TPSA) is 65.0 Å². The van der Waals surface area contributed by atoms with Crippen LogP contribution >= 0.6 is 11.3 Å². The second-order valence-corrected chi connectivity index (χ2v) is 16.3. The van der Waals surface area contributed by atoms with E-state index in [1.807, 2.05) is 53.8 Å². The summed E-state index contributed by atoms with van der Waals surface area (Å²) in [5.41, 5.74) is 13.1. The average Bonchev–Trinajstić information content (AvgIpc) is 4.02. The van der Waals surface area contributed by atoms with Crippen molar-refractivity contribution in [3.8, 4) is 66.2 Å². The highest BCUT2D eigenvalue weighted by atomic mass is 32.1. The Hall–Kier alpha value is -7.15. The minimum absolute atomic E-state index is 0.295. The van der Waals surface area contributed by atoms with Gasteiger partial charge in [-0.15, -0.1) is 11.3 Å². The first-order chi connectivity index (χ1) is 28.4. The number of rotatable bonds is 7. The molecular formula is C52H35N3O2S. The Morgan fingerprint density at radius 2 is 1.07 bits per heavy atom. The minimum Gasteiger partial charge on any atom is -0.456 e. The van der Waals surface area contributed by atoms with E-state index in [0.717, 1.165) is 49.6 Å². The van der Waals surface area contributed by atoms with Crippen LogP contribution in [0.5, 0.6) is 0 Å². The molecule has 10 aromatic rings. The van der Waals surface area contributed by atoms with Crippen LogP contribution in [0.2, 0.25) is 0 Å². The van der Waals surface area contributed by atoms with E-state index in [1.54, 1.807) is 12.2 Å². The molecule has 0 radical (unpaired) electrons. The highest BCUT2D eigenvalue weighted by Crippen LogP contribution is 2.59. The Labute approximate surface area is 339 Å². The van der Waals surface area contributed by atoms with Gasteiger partial charge in [-0.05, 0) is 70.3 Å². The van der Waals surface area contributed by atoms with E-state index < -0.39 is 0 Å². The standard InChI is InChI=1S/C52H35N3O2S/c1-5-35-37-24-21-33(28-43(37)56-41(35)6-2)50-53-49(54-51(55-50)34-22-25-38-36-19-13-14-20-42(36)57-44(38)29-34)32-23-26-39-40(27-32)52(3,4)46-45(39)47(30-15-9-7-10-16-30)58-48(46)31-17-11-8-12-18-31/h5-29H,1-2H2,3-4H3. The fourth-order valence-electron chi connectivity index (χ4n) is 8.69. The molecule has 1 aliphatic rings. The summed E-state index contributed by atoms with van der Waals surface area (Å²) in [6.45, 7) is 12.6. The lowest BCUT2D eigenvalue weighted by molar-refractivity contribution is 0.603. The maximum Gasteiger partial charge on any atom is 0.164 e. The van der Waals surface area contributed by atoms with Crippen molar-refractivity contribution in [2.45, 2.75) is 19.3 Å². The second kappa shape index (κ2) is 12.9. The Morgan fingerprint density at radius 1 is 0.517 bits per heavy atom. The van der Waals surface area contributed by atoms with Gasteiger partial charge in [-0.25, -0.2) is 15.0 Å². The van der Waals surface area contributed by atoms with Crippen molar-refractivity contribution in [2.24, 2.45) is 0 Å². The van der Waals surface area contributed by atoms with E-state index in [1.165, 1.54) is 43.1 Å². The zero-order chi connectivity index (χ0) is 39.1. The molecule has 0 amide bonds. The van der Waals surface area contributed by atoms with Crippen LogP contribution in [0, 0.1) is 0 Å². The van der Waals surface area contributed by atoms with Gasteiger partial charge in [-0.2, -0.15) is 0 Å². The van der Waals surface area contributed by atoms with Crippen LogP contribution < -0.4 is 0 Å². The monoisotopic (exact) mass is 765 g/mol. The van der Waals surface area contributed by atoms with Crippen molar-refractivity contribution >= 4 is 56.4 Å². The van der Waals surface area contributed by atoms with E-state index in [4.69, 9.17) is 23.8 Å². The Bertz CT molecular complexity index is 3300. The number of para-hydroxylation sites is 1. The van der Waals surface area contributed by atoms with Crippen molar-refractivity contribution in [3.63, 3.8) is 0 Å². The highest BCUT2D eigenvalue weighted by Gasteiger charge is 2.41. The van der Waals surface area contributed by atoms with Crippen LogP contribution in [0.3, 0.4) is 0 Å². The number of hydrogen-bond donors (Lipinski definition) is 0. The van der Waals surface area contributed by atoms with E-state index in [9.17, 15) is 0 Å². The Morgan fingerprint density at radius 3 is 1.72 bits per heavy atom. The van der Waals surface area contributed by atoms with Gasteiger partial charge in [0.2, 0.25) is 0 Å². The molecule has 0 saturated carbocycles. The summed E-state index contributed by atoms with van der Waals surface area (Å²) in [6, 6.07) is 48.6. The first-order valence-electron chi connectivity index (χ1n) is 19.3. The highest BCUT2D eigenvalue weighted by molar-refractivity contribution is 7.19. The normalized spacial score (nSPS) is 12.9. The van der Waals surface area contributed by atoms with Gasteiger partial charge in [-0.1, -0.05) is 136 Å². The molecule has 0 N–H and O–H groups in total. The Balaban J connectivity index is 1.10. The Kier molecular flexibility index (Phi) is 7.62. The number of furan rings is 2. The molecule has 0 saturated heterocycles. The summed E-state index contributed by atoms with van der Waals surface area (Å²) in [7, 11) is 0. The molecule has 6 heteroatoms. The smallest absolute Gasteiger partial charge is 0.164 e. The van der Waals surface area contributed by atoms with Gasteiger partial charge < -0.3 is 8.83 Å². The number of nitrogens with zero attached hydrogens (tertiary/aromatic N) is 3. The van der Waals surface area contributed by atoms with E-state index >= 15 is 0 Å². The third-order valence-electron chi connectivity index (χ3n) is 11.5. The summed E-state index contributed by atoms with van der Waals surface area (Å²) in [5.74, 6) is 2.36. The van der Waals surface area contributed by atoms with Crippen LogP contribution in [-0.4, -0.2) is 15.0 Å². The summed E-state index contributed by atoms with van der Waals surface area (Å²) in [4.78, 5) is 18.1. The number of thiophene rings is 1. The first kappa shape index (κ1) is 34.1. The zero-order valence-electron chi connectivity index (χ0n) is 31.9. The molecule has 0 fully saturated rings. The third kappa shape index (κ3) is 5.19. The SMILES string of the molecule is C=Cc1oc2cc(-c3nc(-c4ccc5c(c4)C(C)(C)c4c(-c6ccccc6)sc(-c6ccccc6)c4-5)nc(-c4ccc5c(c4)oc4ccccc45)n3)ccc2c1C=C. The predicted octanol–water partition coefficient (Wildman–Crippen LogP) is 14.5. The number of aromatic nitrogens is 3. The van der Waals surface area contributed by atoms with Gasteiger partial charge in [0.15, 0.2) is 17.5 Å². The van der Waals surface area contributed by atoms with Crippen LogP contribution in [0.15, 0.2) is 162 Å². The molecule has 0 bridgehead atoms. The van der Waals surface area contributed by atoms with Crippen molar-refractivity contribution in [3.05, 3.63) is 175 Å². The molecule has 1 aliphatic carbocycles. The van der Waals surface area contributed by atoms with Crippen molar-refractivity contribution in [2.75, 3.05) is 0 Å². The molecule has 11 rings (SSSR count). The largest absolute Gasteiger partial charge is 0.456 e. The summed E-state index contributed by atoms with van der Waals surface area (Å²) in [5, 5.41) is 3.08. The van der Waals surface area contributed by atoms with Crippen molar-refractivity contribution in [1.82, 2.24) is 15.0 Å². The number of hydrogen-bond acceptors (Lipinski definition) is 6. The van der Waals surface area contributed by atoms with E-state index in [-0.39, 0.29) is 5.41 Å². The quantitative estimate of drug-likeness (QED) is 0.162. The molecule has 276 valence electrons. The molecule has 0 aliphatic heterocycles. The average molecular weight is 766 g/mol. The van der Waals surface area contributed by atoms with E-state index in [2.05, 4.69) is 124 Å². The van der Waals surface area contributed by atoms with Gasteiger partial charge in [0.05, 0.1) is 0 Å². The maximum absolute atomic E-state index is 6.31. The minimum atomic E-state index is -0.295. The van der Waals surface area contributed by atoms with Crippen molar-refractivity contribution in [1.29, 1.82) is 0 Å². The van der Waals surface area contributed by atoms with Crippen molar-refractivity contribution < 1.29 is 8.83 Å². The molecule has 4 heterocycles. The molecule has 58 heavy (non-hydrogen) atoms. The summed E-state index contributed by atoms with van der Waals surface area (Å²) in [6.07, 6.45) is 3.51. The van der Waals surface area contributed by atoms with Gasteiger partial charge >= 0.3 is 0 Å². The fourth-order valence-corrected chi connectivity index (χ4v) is 10.2. The summed E-state index contributed by atoms with van der Waals surface area (Å²) >= 11 is 1.88. The van der Waals surface area contributed by atoms with Crippen LogP contribution in [-0.2, 0) is 5.41 Å². The lowest BCUT2D eigenvalue weighted by Crippen LogP contribution is -2.15. The lowest BCUT2D eigenvalue weighted by atomic mass is 9.81. The van der Waals surface area contributed by atoms with E-state index in [0.29, 0.717) is 28.8 Å². The lowest BCUT2D eigenvalue weighted by Gasteiger charge is -2.23. The third-order valence-corrected chi connectivity index (χ3v) is 12.8. The number of fused-ring (bicyclic) bond motifs is 7. The fraction of sp³-hybridized carbons (Fsp3) is 0.0577. The molecule has 0 unspecified atom stereocenters. The molecule has 5 nitrogen and oxygen atoms in total. The molecular weight excluding hydrogens is 731 g/mol. The molecule has 6 aromatic carbocycles. The number of benzene rings is 6. The first-order valence-corrected chi connectivity index (χ1v) is 20.1. The summed E-state index contributed by atoms with van der Waals surface area (Å²) < 4.78 is 12.5. The molecule has 0 spiro atoms. The second-order valence-electron chi connectivity index (χ2n) is 15.2. The van der Waals surface area contributed by atoms with Gasteiger partial charge in [0, 0.05) is 59.1 Å². The molecule has 0 atom stereocenters. The molecule has 4 aromatic heterocycles. The van der Waals surface area contributed by atoms with Crippen LogP contribution in [0.1, 0.15) is 36.3 Å². The zero-order valence-corrected chi connectivity index (χ0v) is 32.7. The van der Waals surface area contributed by atoms with Crippen LogP contribution in [0.25, 0.3) is 111 Å². The predicted molar refractivity (Wildman–Crippen MR) is 240 cm³/mol. The van der Waals surface area contributed by atoms with Gasteiger partial charge in [0.25, 0.3) is 0 Å². The van der Waals surface area contributed by atoms with Gasteiger partial charge in [-0.3, -0.25) is 0 Å². The van der Waals surface area contributed by atoms with Crippen LogP contribution in [0.4, 0.5) is 0 Å².